The van der Waals surface area contributed by atoms with Crippen molar-refractivity contribution in [2.75, 3.05) is 13.1 Å². The summed E-state index contributed by atoms with van der Waals surface area (Å²) in [5.74, 6) is -2.24. The van der Waals surface area contributed by atoms with E-state index in [-0.39, 0.29) is 24.6 Å². The van der Waals surface area contributed by atoms with Crippen molar-refractivity contribution in [1.29, 1.82) is 0 Å². The minimum Gasteiger partial charge on any atom is -0.459 e. The fraction of sp³-hybridized carbons (Fsp3) is 0.524. The second-order valence-corrected chi connectivity index (χ2v) is 16.3. The van der Waals surface area contributed by atoms with Crippen LogP contribution in [0, 0.1) is 17.8 Å². The molecule has 12 nitrogen and oxygen atoms in total. The first-order chi connectivity index (χ1) is 25.7. The normalized spacial score (nSPS) is 20.6. The van der Waals surface area contributed by atoms with Gasteiger partial charge in [0.2, 0.25) is 17.7 Å². The Hall–Kier alpha value is -4.84. The molecule has 5 N–H and O–H groups in total. The number of nitrogens with one attached hydrogen (secondary N) is 3. The molecule has 5 rings (SSSR count). The van der Waals surface area contributed by atoms with Gasteiger partial charge in [-0.2, -0.15) is 0 Å². The number of carbonyl (C=O) groups excluding carboxylic acids is 5. The minimum absolute atomic E-state index is 0.0735. The molecular weight excluding hydrogens is 684 g/mol. The van der Waals surface area contributed by atoms with Crippen LogP contribution in [0.15, 0.2) is 66.7 Å². The largest absolute Gasteiger partial charge is 0.459 e. The van der Waals surface area contributed by atoms with Gasteiger partial charge in [0.1, 0.15) is 17.8 Å². The average Bonchev–Trinajstić information content (AvgIpc) is 3.12. The SMILES string of the molecule is CC(C)C(=O)O[C@H](CN1C[C@H]2CCCC[C@H]2C[C@H]1C(=O)NC(C)(C)C)[C@H](Cc1ccccc1)NC(=O)[C@H](CC(N)=O)NC(=O)c1ccc2ccccc2n1. The molecular formula is C42H56N6O6. The number of nitrogens with two attached hydrogens (primary N) is 1. The van der Waals surface area contributed by atoms with E-state index in [1.165, 1.54) is 0 Å². The lowest BCUT2D eigenvalue weighted by Gasteiger charge is -2.47. The Bertz CT molecular complexity index is 1790. The number of esters is 1. The number of primary amides is 1. The highest BCUT2D eigenvalue weighted by molar-refractivity contribution is 5.99. The number of amides is 4. The number of fused-ring (bicyclic) bond motifs is 2. The summed E-state index contributed by atoms with van der Waals surface area (Å²) in [5.41, 5.74) is 6.71. The summed E-state index contributed by atoms with van der Waals surface area (Å²) in [7, 11) is 0. The second-order valence-electron chi connectivity index (χ2n) is 16.3. The van der Waals surface area contributed by atoms with Crippen LogP contribution in [0.4, 0.5) is 0 Å². The molecule has 3 aromatic rings. The Morgan fingerprint density at radius 1 is 0.907 bits per heavy atom. The number of hydrogen-bond acceptors (Lipinski definition) is 8. The fourth-order valence-corrected chi connectivity index (χ4v) is 7.65. The maximum absolute atomic E-state index is 14.2. The van der Waals surface area contributed by atoms with E-state index in [1.54, 1.807) is 32.0 Å². The number of benzene rings is 2. The van der Waals surface area contributed by atoms with Crippen LogP contribution in [0.2, 0.25) is 0 Å². The highest BCUT2D eigenvalue weighted by Crippen LogP contribution is 2.39. The topological polar surface area (TPSA) is 173 Å². The summed E-state index contributed by atoms with van der Waals surface area (Å²) >= 11 is 0. The van der Waals surface area contributed by atoms with Gasteiger partial charge < -0.3 is 26.4 Å². The predicted molar refractivity (Wildman–Crippen MR) is 207 cm³/mol. The van der Waals surface area contributed by atoms with Gasteiger partial charge in [0, 0.05) is 24.0 Å². The van der Waals surface area contributed by atoms with Crippen LogP contribution in [-0.2, 0) is 30.3 Å². The van der Waals surface area contributed by atoms with E-state index in [1.807, 2.05) is 69.3 Å². The average molecular weight is 741 g/mol. The van der Waals surface area contributed by atoms with E-state index in [2.05, 4.69) is 25.8 Å². The van der Waals surface area contributed by atoms with Crippen LogP contribution in [0.3, 0.4) is 0 Å². The lowest BCUT2D eigenvalue weighted by molar-refractivity contribution is -0.158. The zero-order chi connectivity index (χ0) is 39.0. The first-order valence-corrected chi connectivity index (χ1v) is 19.2. The molecule has 0 bridgehead atoms. The molecule has 1 aliphatic carbocycles. The summed E-state index contributed by atoms with van der Waals surface area (Å²) in [6.45, 7) is 10.2. The van der Waals surface area contributed by atoms with Crippen LogP contribution < -0.4 is 21.7 Å². The minimum atomic E-state index is -1.34. The Labute approximate surface area is 318 Å². The van der Waals surface area contributed by atoms with Gasteiger partial charge in [0.05, 0.1) is 29.9 Å². The molecule has 2 heterocycles. The zero-order valence-corrected chi connectivity index (χ0v) is 32.2. The van der Waals surface area contributed by atoms with Gasteiger partial charge in [-0.05, 0) is 69.6 Å². The third kappa shape index (κ3) is 11.1. The number of rotatable bonds is 14. The van der Waals surface area contributed by atoms with E-state index in [9.17, 15) is 24.0 Å². The maximum atomic E-state index is 14.2. The molecule has 6 atom stereocenters. The Kier molecular flexibility index (Phi) is 13.4. The first-order valence-electron chi connectivity index (χ1n) is 19.2. The number of aromatic nitrogens is 1. The summed E-state index contributed by atoms with van der Waals surface area (Å²) in [6, 6.07) is 17.5. The van der Waals surface area contributed by atoms with Gasteiger partial charge in [0.15, 0.2) is 0 Å². The quantitative estimate of drug-likeness (QED) is 0.177. The van der Waals surface area contributed by atoms with Gasteiger partial charge >= 0.3 is 5.97 Å². The summed E-state index contributed by atoms with van der Waals surface area (Å²) in [6.07, 6.45) is 4.04. The molecule has 1 saturated heterocycles. The molecule has 290 valence electrons. The molecule has 4 amide bonds. The van der Waals surface area contributed by atoms with Crippen LogP contribution in [0.25, 0.3) is 10.9 Å². The van der Waals surface area contributed by atoms with Gasteiger partial charge in [-0.25, -0.2) is 4.98 Å². The lowest BCUT2D eigenvalue weighted by atomic mass is 9.72. The molecule has 0 unspecified atom stereocenters. The van der Waals surface area contributed by atoms with Crippen LogP contribution in [0.1, 0.15) is 89.2 Å². The molecule has 0 spiro atoms. The van der Waals surface area contributed by atoms with Crippen molar-refractivity contribution in [1.82, 2.24) is 25.8 Å². The monoisotopic (exact) mass is 740 g/mol. The van der Waals surface area contributed by atoms with E-state index in [4.69, 9.17) is 10.5 Å². The lowest BCUT2D eigenvalue weighted by Crippen LogP contribution is -2.61. The van der Waals surface area contributed by atoms with Gasteiger partial charge in [-0.15, -0.1) is 0 Å². The summed E-state index contributed by atoms with van der Waals surface area (Å²) in [4.78, 5) is 73.8. The van der Waals surface area contributed by atoms with Crippen molar-refractivity contribution in [2.24, 2.45) is 23.5 Å². The molecule has 12 heteroatoms. The number of ether oxygens (including phenoxy) is 1. The van der Waals surface area contributed by atoms with Crippen LogP contribution in [0.5, 0.6) is 0 Å². The van der Waals surface area contributed by atoms with Crippen molar-refractivity contribution in [2.45, 2.75) is 109 Å². The highest BCUT2D eigenvalue weighted by Gasteiger charge is 2.43. The van der Waals surface area contributed by atoms with Gasteiger partial charge in [-0.1, -0.05) is 87.7 Å². The number of nitrogens with zero attached hydrogens (tertiary/aromatic N) is 2. The first kappa shape index (κ1) is 40.3. The second kappa shape index (κ2) is 18.0. The predicted octanol–water partition coefficient (Wildman–Crippen LogP) is 4.30. The molecule has 1 aromatic heterocycles. The van der Waals surface area contributed by atoms with Gasteiger partial charge in [-0.3, -0.25) is 28.9 Å². The van der Waals surface area contributed by atoms with E-state index in [0.717, 1.165) is 36.6 Å². The molecule has 2 fully saturated rings. The number of pyridine rings is 1. The zero-order valence-electron chi connectivity index (χ0n) is 32.2. The molecule has 2 aliphatic rings. The molecule has 1 aliphatic heterocycles. The smallest absolute Gasteiger partial charge is 0.308 e. The number of hydrogen-bond donors (Lipinski definition) is 4. The molecule has 0 radical (unpaired) electrons. The number of carbonyl (C=O) groups is 5. The Balaban J connectivity index is 1.46. The van der Waals surface area contributed by atoms with E-state index >= 15 is 0 Å². The van der Waals surface area contributed by atoms with E-state index < -0.39 is 65.8 Å². The fourth-order valence-electron chi connectivity index (χ4n) is 7.65. The maximum Gasteiger partial charge on any atom is 0.308 e. The van der Waals surface area contributed by atoms with E-state index in [0.29, 0.717) is 30.3 Å². The standard InChI is InChI=1S/C42H56N6O6/c1-26(2)41(53)54-36(25-48-24-30-17-10-9-16-29(30)22-35(48)40(52)47-42(3,4)5)33(21-27-13-7-6-8-14-27)45-39(51)34(23-37(43)49)46-38(50)32-20-19-28-15-11-12-18-31(28)44-32/h6-8,11-15,18-20,26,29-30,33-36H,9-10,16-17,21-25H2,1-5H3,(H2,43,49)(H,45,51)(H,46,50)(H,47,52)/t29-,30+,33-,34-,35-,36+/m0/s1. The third-order valence-corrected chi connectivity index (χ3v) is 10.4. The van der Waals surface area contributed by atoms with Crippen LogP contribution in [-0.4, -0.2) is 82.3 Å². The number of likely N-dealkylation sites (tertiary alicyclic amines) is 1. The van der Waals surface area contributed by atoms with Crippen LogP contribution >= 0.6 is 0 Å². The number of para-hydroxylation sites is 1. The highest BCUT2D eigenvalue weighted by atomic mass is 16.5. The number of piperidine rings is 1. The third-order valence-electron chi connectivity index (χ3n) is 10.4. The molecule has 54 heavy (non-hydrogen) atoms. The van der Waals surface area contributed by atoms with Gasteiger partial charge in [0.25, 0.3) is 5.91 Å². The van der Waals surface area contributed by atoms with Crippen molar-refractivity contribution in [3.63, 3.8) is 0 Å². The Morgan fingerprint density at radius 2 is 1.59 bits per heavy atom. The Morgan fingerprint density at radius 3 is 2.28 bits per heavy atom. The van der Waals surface area contributed by atoms with Crippen molar-refractivity contribution in [3.05, 3.63) is 78.0 Å². The van der Waals surface area contributed by atoms with Crippen molar-refractivity contribution >= 4 is 40.5 Å². The molecule has 2 aromatic carbocycles. The van der Waals surface area contributed by atoms with Crippen molar-refractivity contribution in [3.8, 4) is 0 Å². The summed E-state index contributed by atoms with van der Waals surface area (Å²) in [5, 5.41) is 9.73. The van der Waals surface area contributed by atoms with Crippen molar-refractivity contribution < 1.29 is 28.7 Å². The summed E-state index contributed by atoms with van der Waals surface area (Å²) < 4.78 is 6.25. The molecule has 1 saturated carbocycles.